The first-order valence-corrected chi connectivity index (χ1v) is 14.5. The number of sulfonamides is 1. The van der Waals surface area contributed by atoms with Gasteiger partial charge in [-0.2, -0.15) is 5.10 Å². The van der Waals surface area contributed by atoms with Crippen LogP contribution in [0.4, 0.5) is 11.4 Å². The van der Waals surface area contributed by atoms with Crippen molar-refractivity contribution in [3.05, 3.63) is 130 Å². The van der Waals surface area contributed by atoms with E-state index in [0.717, 1.165) is 11.8 Å². The van der Waals surface area contributed by atoms with E-state index in [1.165, 1.54) is 4.31 Å². The molecule has 40 heavy (non-hydrogen) atoms. The van der Waals surface area contributed by atoms with Gasteiger partial charge in [0.2, 0.25) is 10.0 Å². The summed E-state index contributed by atoms with van der Waals surface area (Å²) < 4.78 is 26.2. The molecule has 0 bridgehead atoms. The summed E-state index contributed by atoms with van der Waals surface area (Å²) in [5.74, 6) is -0.755. The zero-order valence-corrected chi connectivity index (χ0v) is 23.4. The summed E-state index contributed by atoms with van der Waals surface area (Å²) in [6.07, 6.45) is 1.14. The first-order valence-electron chi connectivity index (χ1n) is 12.2. The van der Waals surface area contributed by atoms with Crippen molar-refractivity contribution in [3.8, 4) is 0 Å². The van der Waals surface area contributed by atoms with Crippen LogP contribution in [-0.4, -0.2) is 32.2 Å². The van der Waals surface area contributed by atoms with Crippen molar-refractivity contribution in [2.75, 3.05) is 15.9 Å². The molecule has 10 heteroatoms. The predicted octanol–water partition coefficient (Wildman–Crippen LogP) is 5.71. The van der Waals surface area contributed by atoms with Gasteiger partial charge in [0.15, 0.2) is 0 Å². The Hall–Kier alpha value is -4.47. The Morgan fingerprint density at radius 3 is 2.15 bits per heavy atom. The first kappa shape index (κ1) is 28.5. The second-order valence-electron chi connectivity index (χ2n) is 8.99. The van der Waals surface area contributed by atoms with Gasteiger partial charge in [-0.05, 0) is 72.6 Å². The summed E-state index contributed by atoms with van der Waals surface area (Å²) in [6.45, 7) is 1.90. The van der Waals surface area contributed by atoms with Crippen molar-refractivity contribution in [1.82, 2.24) is 5.43 Å². The van der Waals surface area contributed by atoms with Gasteiger partial charge >= 0.3 is 0 Å². The Bertz CT molecular complexity index is 1660. The highest BCUT2D eigenvalue weighted by atomic mass is 35.5. The average molecular weight is 575 g/mol. The van der Waals surface area contributed by atoms with E-state index in [4.69, 9.17) is 11.6 Å². The topological polar surface area (TPSA) is 108 Å². The number of hydrazone groups is 1. The molecule has 0 aliphatic carbocycles. The molecule has 0 unspecified atom stereocenters. The van der Waals surface area contributed by atoms with Gasteiger partial charge in [-0.3, -0.25) is 13.9 Å². The van der Waals surface area contributed by atoms with Gasteiger partial charge in [0.25, 0.3) is 11.8 Å². The minimum atomic E-state index is -3.55. The molecule has 4 aromatic carbocycles. The molecule has 4 aromatic rings. The number of amides is 2. The van der Waals surface area contributed by atoms with Gasteiger partial charge in [-0.1, -0.05) is 60.1 Å². The van der Waals surface area contributed by atoms with Crippen LogP contribution in [-0.2, 0) is 16.6 Å². The van der Waals surface area contributed by atoms with Gasteiger partial charge in [0.05, 0.1) is 24.2 Å². The fraction of sp³-hybridized carbons (Fsp3) is 0.100. The molecule has 2 N–H and O–H groups in total. The number of hydrogen-bond donors (Lipinski definition) is 2. The lowest BCUT2D eigenvalue weighted by atomic mass is 10.1. The van der Waals surface area contributed by atoms with Crippen molar-refractivity contribution in [1.29, 1.82) is 0 Å². The molecule has 4 rings (SSSR count). The van der Waals surface area contributed by atoms with E-state index in [1.54, 1.807) is 79.7 Å². The number of carbonyl (C=O) groups excluding carboxylic acids is 2. The van der Waals surface area contributed by atoms with E-state index in [1.807, 2.05) is 30.3 Å². The van der Waals surface area contributed by atoms with Crippen LogP contribution in [0.2, 0.25) is 5.02 Å². The Balaban J connectivity index is 1.42. The smallest absolute Gasteiger partial charge is 0.271 e. The maximum absolute atomic E-state index is 12.7. The van der Waals surface area contributed by atoms with Crippen molar-refractivity contribution in [2.45, 2.75) is 13.5 Å². The number of rotatable bonds is 9. The SMILES string of the molecule is C/C(=N\NC(=O)c1ccc(N(Cc2ccccc2)S(C)(=O)=O)cc1)c1cccc(NC(=O)c2cccc(Cl)c2)c1. The van der Waals surface area contributed by atoms with Crippen LogP contribution in [0.25, 0.3) is 0 Å². The second kappa shape index (κ2) is 12.6. The predicted molar refractivity (Wildman–Crippen MR) is 159 cm³/mol. The maximum atomic E-state index is 12.7. The number of hydrogen-bond acceptors (Lipinski definition) is 5. The molecule has 0 atom stereocenters. The lowest BCUT2D eigenvalue weighted by Gasteiger charge is -2.22. The second-order valence-corrected chi connectivity index (χ2v) is 11.3. The Morgan fingerprint density at radius 2 is 1.48 bits per heavy atom. The molecule has 0 saturated carbocycles. The summed E-state index contributed by atoms with van der Waals surface area (Å²) in [5, 5.41) is 7.49. The summed E-state index contributed by atoms with van der Waals surface area (Å²) >= 11 is 5.98. The molecule has 0 aliphatic heterocycles. The Labute approximate surface area is 238 Å². The molecule has 0 heterocycles. The van der Waals surface area contributed by atoms with Crippen LogP contribution in [0.15, 0.2) is 108 Å². The van der Waals surface area contributed by atoms with Gasteiger partial charge in [0, 0.05) is 21.8 Å². The van der Waals surface area contributed by atoms with E-state index >= 15 is 0 Å². The van der Waals surface area contributed by atoms with Crippen LogP contribution in [0.5, 0.6) is 0 Å². The molecule has 0 aromatic heterocycles. The van der Waals surface area contributed by atoms with Crippen molar-refractivity contribution in [3.63, 3.8) is 0 Å². The highest BCUT2D eigenvalue weighted by molar-refractivity contribution is 7.92. The lowest BCUT2D eigenvalue weighted by molar-refractivity contribution is 0.0954. The zero-order chi connectivity index (χ0) is 28.7. The molecule has 204 valence electrons. The number of nitrogens with zero attached hydrogens (tertiary/aromatic N) is 2. The summed E-state index contributed by atoms with van der Waals surface area (Å²) in [6, 6.07) is 29.2. The standard InChI is InChI=1S/C30H27ClN4O4S/c1-21(24-10-7-13-27(19-24)32-29(36)25-11-6-12-26(31)18-25)33-34-30(37)23-14-16-28(17-15-23)35(40(2,38)39)20-22-8-4-3-5-9-22/h3-19H,20H2,1-2H3,(H,32,36)(H,34,37)/b33-21+. The molecular weight excluding hydrogens is 548 g/mol. The molecule has 0 saturated heterocycles. The van der Waals surface area contributed by atoms with E-state index in [2.05, 4.69) is 15.8 Å². The monoisotopic (exact) mass is 574 g/mol. The maximum Gasteiger partial charge on any atom is 0.271 e. The third kappa shape index (κ3) is 7.56. The largest absolute Gasteiger partial charge is 0.322 e. The van der Waals surface area contributed by atoms with Crippen LogP contribution in [0.1, 0.15) is 38.8 Å². The fourth-order valence-electron chi connectivity index (χ4n) is 3.85. The van der Waals surface area contributed by atoms with E-state index < -0.39 is 15.9 Å². The van der Waals surface area contributed by atoms with Crippen molar-refractivity contribution in [2.24, 2.45) is 5.10 Å². The molecular formula is C30H27ClN4O4S. The summed E-state index contributed by atoms with van der Waals surface area (Å²) in [7, 11) is -3.55. The van der Waals surface area contributed by atoms with Crippen LogP contribution in [0, 0.1) is 0 Å². The highest BCUT2D eigenvalue weighted by Gasteiger charge is 2.18. The van der Waals surface area contributed by atoms with Crippen LogP contribution < -0.4 is 15.0 Å². The average Bonchev–Trinajstić information content (AvgIpc) is 2.94. The van der Waals surface area contributed by atoms with Crippen LogP contribution in [0.3, 0.4) is 0 Å². The van der Waals surface area contributed by atoms with Gasteiger partial charge in [-0.25, -0.2) is 13.8 Å². The van der Waals surface area contributed by atoms with Crippen LogP contribution >= 0.6 is 11.6 Å². The Morgan fingerprint density at radius 1 is 0.800 bits per heavy atom. The lowest BCUT2D eigenvalue weighted by Crippen LogP contribution is -2.29. The molecule has 0 radical (unpaired) electrons. The highest BCUT2D eigenvalue weighted by Crippen LogP contribution is 2.21. The van der Waals surface area contributed by atoms with Gasteiger partial charge < -0.3 is 5.32 Å². The normalized spacial score (nSPS) is 11.5. The third-order valence-electron chi connectivity index (χ3n) is 5.94. The summed E-state index contributed by atoms with van der Waals surface area (Å²) in [4.78, 5) is 25.3. The Kier molecular flexibility index (Phi) is 8.98. The van der Waals surface area contributed by atoms with Gasteiger partial charge in [0.1, 0.15) is 0 Å². The molecule has 0 aliphatic rings. The number of benzene rings is 4. The fourth-order valence-corrected chi connectivity index (χ4v) is 4.93. The van der Waals surface area contributed by atoms with Gasteiger partial charge in [-0.15, -0.1) is 0 Å². The minimum absolute atomic E-state index is 0.174. The third-order valence-corrected chi connectivity index (χ3v) is 7.31. The van der Waals surface area contributed by atoms with E-state index in [9.17, 15) is 18.0 Å². The molecule has 8 nitrogen and oxygen atoms in total. The molecule has 0 fully saturated rings. The first-order chi connectivity index (χ1) is 19.1. The van der Waals surface area contributed by atoms with Crippen molar-refractivity contribution >= 4 is 50.5 Å². The zero-order valence-electron chi connectivity index (χ0n) is 21.8. The summed E-state index contributed by atoms with van der Waals surface area (Å²) in [5.41, 5.74) is 6.34. The number of halogens is 1. The quantitative estimate of drug-likeness (QED) is 0.197. The molecule has 2 amide bonds. The number of nitrogens with one attached hydrogen (secondary N) is 2. The van der Waals surface area contributed by atoms with E-state index in [-0.39, 0.29) is 12.5 Å². The minimum Gasteiger partial charge on any atom is -0.322 e. The van der Waals surface area contributed by atoms with E-state index in [0.29, 0.717) is 38.8 Å². The number of carbonyl (C=O) groups is 2. The molecule has 0 spiro atoms. The van der Waals surface area contributed by atoms with Crippen molar-refractivity contribution < 1.29 is 18.0 Å². The number of anilines is 2.